The van der Waals surface area contributed by atoms with E-state index in [1.807, 2.05) is 6.07 Å². The standard InChI is InChI=1S/C10H9BrF2/c1-9(6-10(9,12)13)7-3-2-4-8(11)5-7/h2-5H,6H2,1H3. The van der Waals surface area contributed by atoms with Gasteiger partial charge in [0, 0.05) is 10.9 Å². The van der Waals surface area contributed by atoms with Crippen molar-refractivity contribution in [2.45, 2.75) is 24.7 Å². The summed E-state index contributed by atoms with van der Waals surface area (Å²) in [4.78, 5) is 0. The van der Waals surface area contributed by atoms with Crippen LogP contribution >= 0.6 is 15.9 Å². The predicted octanol–water partition coefficient (Wildman–Crippen LogP) is 3.75. The van der Waals surface area contributed by atoms with Crippen LogP contribution in [0.3, 0.4) is 0 Å². The normalized spacial score (nSPS) is 30.2. The average molecular weight is 247 g/mol. The predicted molar refractivity (Wildman–Crippen MR) is 51.1 cm³/mol. The van der Waals surface area contributed by atoms with Crippen molar-refractivity contribution in [1.82, 2.24) is 0 Å². The lowest BCUT2D eigenvalue weighted by molar-refractivity contribution is 0.0920. The molecule has 0 nitrogen and oxygen atoms in total. The van der Waals surface area contributed by atoms with Crippen LogP contribution in [-0.2, 0) is 5.41 Å². The third-order valence-corrected chi connectivity index (χ3v) is 3.21. The summed E-state index contributed by atoms with van der Waals surface area (Å²) in [5.74, 6) is -2.52. The minimum Gasteiger partial charge on any atom is -0.206 e. The van der Waals surface area contributed by atoms with Crippen LogP contribution in [-0.4, -0.2) is 5.92 Å². The fourth-order valence-electron chi connectivity index (χ4n) is 1.54. The number of rotatable bonds is 1. The molecule has 0 amide bonds. The van der Waals surface area contributed by atoms with E-state index in [1.54, 1.807) is 25.1 Å². The molecule has 0 radical (unpaired) electrons. The Balaban J connectivity index is 2.38. The first-order valence-corrected chi connectivity index (χ1v) is 4.89. The molecule has 2 rings (SSSR count). The molecule has 0 heterocycles. The number of halogens is 3. The summed E-state index contributed by atoms with van der Waals surface area (Å²) in [5, 5.41) is 0. The second-order valence-corrected chi connectivity index (χ2v) is 4.64. The summed E-state index contributed by atoms with van der Waals surface area (Å²) in [6, 6.07) is 7.15. The Morgan fingerprint density at radius 2 is 2.00 bits per heavy atom. The molecule has 0 N–H and O–H groups in total. The average Bonchev–Trinajstić information content (AvgIpc) is 2.53. The SMILES string of the molecule is CC1(c2cccc(Br)c2)CC1(F)F. The van der Waals surface area contributed by atoms with Crippen molar-refractivity contribution in [1.29, 1.82) is 0 Å². The lowest BCUT2D eigenvalue weighted by Gasteiger charge is -2.10. The molecule has 1 aliphatic carbocycles. The van der Waals surface area contributed by atoms with Gasteiger partial charge in [-0.15, -0.1) is 0 Å². The molecule has 0 spiro atoms. The van der Waals surface area contributed by atoms with E-state index >= 15 is 0 Å². The first kappa shape index (κ1) is 9.13. The second-order valence-electron chi connectivity index (χ2n) is 3.72. The van der Waals surface area contributed by atoms with E-state index in [9.17, 15) is 8.78 Å². The van der Waals surface area contributed by atoms with E-state index in [-0.39, 0.29) is 6.42 Å². The summed E-state index contributed by atoms with van der Waals surface area (Å²) in [7, 11) is 0. The van der Waals surface area contributed by atoms with Gasteiger partial charge in [0.25, 0.3) is 5.92 Å². The zero-order valence-corrected chi connectivity index (χ0v) is 8.74. The Hall–Kier alpha value is -0.440. The Bertz CT molecular complexity index is 349. The number of hydrogen-bond donors (Lipinski definition) is 0. The smallest absolute Gasteiger partial charge is 0.206 e. The van der Waals surface area contributed by atoms with Crippen LogP contribution in [0.4, 0.5) is 8.78 Å². The molecular formula is C10H9BrF2. The van der Waals surface area contributed by atoms with E-state index in [4.69, 9.17) is 0 Å². The van der Waals surface area contributed by atoms with Crippen LogP contribution in [0, 0.1) is 0 Å². The van der Waals surface area contributed by atoms with E-state index in [1.165, 1.54) is 0 Å². The van der Waals surface area contributed by atoms with Gasteiger partial charge in [-0.25, -0.2) is 8.78 Å². The largest absolute Gasteiger partial charge is 0.258 e. The molecule has 13 heavy (non-hydrogen) atoms. The van der Waals surface area contributed by atoms with Gasteiger partial charge in [0.2, 0.25) is 0 Å². The quantitative estimate of drug-likeness (QED) is 0.709. The highest BCUT2D eigenvalue weighted by Gasteiger charge is 2.68. The molecule has 1 aromatic rings. The molecule has 1 aliphatic rings. The molecule has 0 saturated heterocycles. The molecule has 1 unspecified atom stereocenters. The summed E-state index contributed by atoms with van der Waals surface area (Å²) in [6.45, 7) is 1.61. The van der Waals surface area contributed by atoms with Crippen LogP contribution in [0.1, 0.15) is 18.9 Å². The summed E-state index contributed by atoms with van der Waals surface area (Å²) in [5.41, 5.74) is -0.219. The molecule has 0 aliphatic heterocycles. The summed E-state index contributed by atoms with van der Waals surface area (Å²) in [6.07, 6.45) is -0.0313. The molecule has 1 aromatic carbocycles. The Morgan fingerprint density at radius 3 is 2.46 bits per heavy atom. The first-order valence-electron chi connectivity index (χ1n) is 4.10. The van der Waals surface area contributed by atoms with Gasteiger partial charge in [0.05, 0.1) is 5.41 Å². The van der Waals surface area contributed by atoms with E-state index in [0.717, 1.165) is 4.47 Å². The zero-order chi connectivity index (χ0) is 9.69. The third-order valence-electron chi connectivity index (χ3n) is 2.72. The molecule has 1 atom stereocenters. The van der Waals surface area contributed by atoms with E-state index < -0.39 is 11.3 Å². The fourth-order valence-corrected chi connectivity index (χ4v) is 1.94. The zero-order valence-electron chi connectivity index (χ0n) is 7.15. The molecule has 0 aromatic heterocycles. The summed E-state index contributed by atoms with van der Waals surface area (Å²) < 4.78 is 26.8. The van der Waals surface area contributed by atoms with Crippen molar-refractivity contribution < 1.29 is 8.78 Å². The summed E-state index contributed by atoms with van der Waals surface area (Å²) >= 11 is 3.28. The van der Waals surface area contributed by atoms with Gasteiger partial charge >= 0.3 is 0 Å². The molecule has 1 saturated carbocycles. The molecule has 3 heteroatoms. The minimum atomic E-state index is -2.52. The van der Waals surface area contributed by atoms with Gasteiger partial charge in [0.1, 0.15) is 0 Å². The third kappa shape index (κ3) is 1.30. The highest BCUT2D eigenvalue weighted by Crippen LogP contribution is 2.61. The van der Waals surface area contributed by atoms with Crippen molar-refractivity contribution in [2.75, 3.05) is 0 Å². The van der Waals surface area contributed by atoms with Gasteiger partial charge in [-0.05, 0) is 24.6 Å². The van der Waals surface area contributed by atoms with Gasteiger partial charge in [-0.3, -0.25) is 0 Å². The van der Waals surface area contributed by atoms with Gasteiger partial charge in [-0.2, -0.15) is 0 Å². The van der Waals surface area contributed by atoms with Gasteiger partial charge in [0.15, 0.2) is 0 Å². The van der Waals surface area contributed by atoms with Crippen LogP contribution in [0.5, 0.6) is 0 Å². The van der Waals surface area contributed by atoms with Gasteiger partial charge in [-0.1, -0.05) is 28.1 Å². The molecular weight excluding hydrogens is 238 g/mol. The number of hydrogen-bond acceptors (Lipinski definition) is 0. The number of benzene rings is 1. The maximum absolute atomic E-state index is 13.0. The van der Waals surface area contributed by atoms with Crippen molar-refractivity contribution >= 4 is 15.9 Å². The maximum atomic E-state index is 13.0. The first-order chi connectivity index (χ1) is 5.96. The fraction of sp³-hybridized carbons (Fsp3) is 0.400. The minimum absolute atomic E-state index is 0.0313. The molecule has 70 valence electrons. The Morgan fingerprint density at radius 1 is 1.38 bits per heavy atom. The van der Waals surface area contributed by atoms with Crippen molar-refractivity contribution in [3.05, 3.63) is 34.3 Å². The lowest BCUT2D eigenvalue weighted by Crippen LogP contribution is -2.11. The molecule has 1 fully saturated rings. The maximum Gasteiger partial charge on any atom is 0.258 e. The van der Waals surface area contributed by atoms with Crippen LogP contribution in [0.2, 0.25) is 0 Å². The lowest BCUT2D eigenvalue weighted by atomic mass is 9.98. The topological polar surface area (TPSA) is 0 Å². The highest BCUT2D eigenvalue weighted by atomic mass is 79.9. The van der Waals surface area contributed by atoms with Crippen molar-refractivity contribution in [3.8, 4) is 0 Å². The van der Waals surface area contributed by atoms with Crippen LogP contribution < -0.4 is 0 Å². The van der Waals surface area contributed by atoms with Crippen LogP contribution in [0.25, 0.3) is 0 Å². The number of alkyl halides is 2. The second kappa shape index (κ2) is 2.53. The monoisotopic (exact) mass is 246 g/mol. The van der Waals surface area contributed by atoms with Crippen LogP contribution in [0.15, 0.2) is 28.7 Å². The van der Waals surface area contributed by atoms with E-state index in [0.29, 0.717) is 5.56 Å². The Labute approximate surface area is 84.1 Å². The van der Waals surface area contributed by atoms with Crippen molar-refractivity contribution in [3.63, 3.8) is 0 Å². The van der Waals surface area contributed by atoms with Crippen molar-refractivity contribution in [2.24, 2.45) is 0 Å². The Kier molecular flexibility index (Phi) is 1.78. The highest BCUT2D eigenvalue weighted by molar-refractivity contribution is 9.10. The van der Waals surface area contributed by atoms with Gasteiger partial charge < -0.3 is 0 Å². The van der Waals surface area contributed by atoms with E-state index in [2.05, 4.69) is 15.9 Å². The molecule has 0 bridgehead atoms.